The van der Waals surface area contributed by atoms with Crippen molar-refractivity contribution in [3.63, 3.8) is 0 Å². The lowest BCUT2D eigenvalue weighted by atomic mass is 10.2. The Morgan fingerprint density at radius 2 is 2.24 bits per heavy atom. The molecular formula is C12H15N3O2. The van der Waals surface area contributed by atoms with Gasteiger partial charge in [-0.2, -0.15) is 0 Å². The smallest absolute Gasteiger partial charge is 0.335 e. The van der Waals surface area contributed by atoms with E-state index < -0.39 is 5.97 Å². The number of aromatic carboxylic acids is 1. The highest BCUT2D eigenvalue weighted by Gasteiger charge is 2.08. The minimum atomic E-state index is -0.938. The normalized spacial score (nSPS) is 10.9. The Bertz CT molecular complexity index is 534. The lowest BCUT2D eigenvalue weighted by Crippen LogP contribution is -2.00. The van der Waals surface area contributed by atoms with Gasteiger partial charge in [0.2, 0.25) is 0 Å². The molecule has 1 aromatic heterocycles. The molecule has 0 amide bonds. The van der Waals surface area contributed by atoms with Gasteiger partial charge in [-0.3, -0.25) is 0 Å². The number of fused-ring (bicyclic) bond motifs is 1. The van der Waals surface area contributed by atoms with Gasteiger partial charge in [0.15, 0.2) is 0 Å². The molecule has 17 heavy (non-hydrogen) atoms. The summed E-state index contributed by atoms with van der Waals surface area (Å²) in [5.74, 6) is -0.938. The highest BCUT2D eigenvalue weighted by Crippen LogP contribution is 2.14. The van der Waals surface area contributed by atoms with Crippen LogP contribution < -0.4 is 0 Å². The van der Waals surface area contributed by atoms with E-state index in [4.69, 9.17) is 5.11 Å². The van der Waals surface area contributed by atoms with Crippen LogP contribution in [-0.2, 0) is 6.54 Å². The molecule has 0 aliphatic rings. The Hall–Kier alpha value is -1.91. The van der Waals surface area contributed by atoms with Gasteiger partial charge in [0.05, 0.1) is 11.1 Å². The predicted octanol–water partition coefficient (Wildman–Crippen LogP) is 2.32. The van der Waals surface area contributed by atoms with Crippen LogP contribution in [0, 0.1) is 0 Å². The van der Waals surface area contributed by atoms with Gasteiger partial charge in [-0.15, -0.1) is 5.10 Å². The summed E-state index contributed by atoms with van der Waals surface area (Å²) in [6.07, 6.45) is 3.39. The van der Waals surface area contributed by atoms with Gasteiger partial charge in [0.1, 0.15) is 5.52 Å². The molecule has 0 aliphatic heterocycles. The van der Waals surface area contributed by atoms with Crippen molar-refractivity contribution in [1.82, 2.24) is 15.0 Å². The van der Waals surface area contributed by atoms with Gasteiger partial charge < -0.3 is 5.11 Å². The lowest BCUT2D eigenvalue weighted by molar-refractivity contribution is 0.0697. The van der Waals surface area contributed by atoms with Crippen molar-refractivity contribution in [2.75, 3.05) is 0 Å². The van der Waals surface area contributed by atoms with Crippen molar-refractivity contribution >= 4 is 17.0 Å². The van der Waals surface area contributed by atoms with Crippen molar-refractivity contribution in [2.24, 2.45) is 0 Å². The minimum Gasteiger partial charge on any atom is -0.478 e. The van der Waals surface area contributed by atoms with Crippen LogP contribution in [0.25, 0.3) is 11.0 Å². The molecule has 0 spiro atoms. The van der Waals surface area contributed by atoms with Crippen molar-refractivity contribution in [3.8, 4) is 0 Å². The summed E-state index contributed by atoms with van der Waals surface area (Å²) in [7, 11) is 0. The molecule has 1 N–H and O–H groups in total. The number of nitrogens with zero attached hydrogens (tertiary/aromatic N) is 3. The van der Waals surface area contributed by atoms with Crippen LogP contribution in [0.4, 0.5) is 0 Å². The molecule has 0 saturated heterocycles. The number of rotatable bonds is 5. The van der Waals surface area contributed by atoms with Crippen LogP contribution >= 0.6 is 0 Å². The molecule has 90 valence electrons. The minimum absolute atomic E-state index is 0.248. The summed E-state index contributed by atoms with van der Waals surface area (Å²) in [6, 6.07) is 4.91. The van der Waals surface area contributed by atoms with Crippen LogP contribution in [0.1, 0.15) is 36.5 Å². The lowest BCUT2D eigenvalue weighted by Gasteiger charge is -2.01. The molecule has 2 aromatic rings. The molecule has 0 fully saturated rings. The fraction of sp³-hybridized carbons (Fsp3) is 0.417. The zero-order valence-corrected chi connectivity index (χ0v) is 9.76. The molecule has 0 saturated carbocycles. The number of benzene rings is 1. The number of hydrogen-bond acceptors (Lipinski definition) is 3. The first-order valence-corrected chi connectivity index (χ1v) is 5.79. The molecule has 0 bridgehead atoms. The SMILES string of the molecule is CCCCCn1nnc2cc(C(=O)O)ccc21. The second kappa shape index (κ2) is 4.95. The van der Waals surface area contributed by atoms with E-state index in [1.165, 1.54) is 0 Å². The summed E-state index contributed by atoms with van der Waals surface area (Å²) in [6.45, 7) is 2.98. The zero-order valence-electron chi connectivity index (χ0n) is 9.76. The second-order valence-electron chi connectivity index (χ2n) is 4.03. The Labute approximate surface area is 99.1 Å². The summed E-state index contributed by atoms with van der Waals surface area (Å²) >= 11 is 0. The monoisotopic (exact) mass is 233 g/mol. The van der Waals surface area contributed by atoms with E-state index in [2.05, 4.69) is 17.2 Å². The molecule has 0 radical (unpaired) electrons. The molecule has 1 aromatic carbocycles. The van der Waals surface area contributed by atoms with E-state index >= 15 is 0 Å². The van der Waals surface area contributed by atoms with Crippen LogP contribution in [0.3, 0.4) is 0 Å². The number of unbranched alkanes of at least 4 members (excludes halogenated alkanes) is 2. The number of carbonyl (C=O) groups is 1. The average Bonchev–Trinajstić information content (AvgIpc) is 2.72. The summed E-state index contributed by atoms with van der Waals surface area (Å²) in [5.41, 5.74) is 1.78. The summed E-state index contributed by atoms with van der Waals surface area (Å²) < 4.78 is 1.83. The zero-order chi connectivity index (χ0) is 12.3. The van der Waals surface area contributed by atoms with Crippen LogP contribution in [0.15, 0.2) is 18.2 Å². The van der Waals surface area contributed by atoms with E-state index in [1.807, 2.05) is 4.68 Å². The first-order valence-electron chi connectivity index (χ1n) is 5.79. The average molecular weight is 233 g/mol. The molecule has 0 unspecified atom stereocenters. The van der Waals surface area contributed by atoms with E-state index in [0.29, 0.717) is 5.52 Å². The highest BCUT2D eigenvalue weighted by atomic mass is 16.4. The van der Waals surface area contributed by atoms with Gasteiger partial charge in [0, 0.05) is 6.54 Å². The third-order valence-electron chi connectivity index (χ3n) is 2.73. The maximum absolute atomic E-state index is 10.8. The van der Waals surface area contributed by atoms with E-state index in [1.54, 1.807) is 18.2 Å². The van der Waals surface area contributed by atoms with Gasteiger partial charge in [0.25, 0.3) is 0 Å². The highest BCUT2D eigenvalue weighted by molar-refractivity contribution is 5.92. The number of aryl methyl sites for hydroxylation is 1. The number of hydrogen-bond donors (Lipinski definition) is 1. The topological polar surface area (TPSA) is 68.0 Å². The number of carboxylic acid groups (broad SMARTS) is 1. The predicted molar refractivity (Wildman–Crippen MR) is 64.0 cm³/mol. The van der Waals surface area contributed by atoms with Crippen LogP contribution in [0.2, 0.25) is 0 Å². The molecule has 5 heteroatoms. The molecule has 1 heterocycles. The number of carboxylic acids is 1. The van der Waals surface area contributed by atoms with Crippen molar-refractivity contribution in [1.29, 1.82) is 0 Å². The fourth-order valence-electron chi connectivity index (χ4n) is 1.78. The van der Waals surface area contributed by atoms with E-state index in [9.17, 15) is 4.79 Å². The first kappa shape index (κ1) is 11.6. The third-order valence-corrected chi connectivity index (χ3v) is 2.73. The van der Waals surface area contributed by atoms with E-state index in [0.717, 1.165) is 31.3 Å². The maximum atomic E-state index is 10.8. The molecular weight excluding hydrogens is 218 g/mol. The van der Waals surface area contributed by atoms with Gasteiger partial charge in [-0.1, -0.05) is 25.0 Å². The summed E-state index contributed by atoms with van der Waals surface area (Å²) in [4.78, 5) is 10.8. The Morgan fingerprint density at radius 3 is 2.94 bits per heavy atom. The molecule has 0 aliphatic carbocycles. The third kappa shape index (κ3) is 2.43. The Kier molecular flexibility index (Phi) is 3.37. The van der Waals surface area contributed by atoms with Crippen molar-refractivity contribution in [3.05, 3.63) is 23.8 Å². The quantitative estimate of drug-likeness (QED) is 0.805. The Morgan fingerprint density at radius 1 is 1.41 bits per heavy atom. The Balaban J connectivity index is 2.25. The fourth-order valence-corrected chi connectivity index (χ4v) is 1.78. The largest absolute Gasteiger partial charge is 0.478 e. The van der Waals surface area contributed by atoms with Gasteiger partial charge >= 0.3 is 5.97 Å². The maximum Gasteiger partial charge on any atom is 0.335 e. The summed E-state index contributed by atoms with van der Waals surface area (Å²) in [5, 5.41) is 16.9. The first-order chi connectivity index (χ1) is 8.22. The van der Waals surface area contributed by atoms with Gasteiger partial charge in [-0.05, 0) is 24.6 Å². The van der Waals surface area contributed by atoms with Crippen molar-refractivity contribution in [2.45, 2.75) is 32.7 Å². The van der Waals surface area contributed by atoms with Crippen LogP contribution in [0.5, 0.6) is 0 Å². The molecule has 0 atom stereocenters. The van der Waals surface area contributed by atoms with Crippen LogP contribution in [-0.4, -0.2) is 26.1 Å². The molecule has 2 rings (SSSR count). The van der Waals surface area contributed by atoms with Crippen molar-refractivity contribution < 1.29 is 9.90 Å². The van der Waals surface area contributed by atoms with E-state index in [-0.39, 0.29) is 5.56 Å². The second-order valence-corrected chi connectivity index (χ2v) is 4.03. The number of aromatic nitrogens is 3. The van der Waals surface area contributed by atoms with Gasteiger partial charge in [-0.25, -0.2) is 9.48 Å². The molecule has 5 nitrogen and oxygen atoms in total. The standard InChI is InChI=1S/C12H15N3O2/c1-2-3-4-7-15-11-6-5-9(12(16)17)8-10(11)13-14-15/h5-6,8H,2-4,7H2,1H3,(H,16,17).